The predicted octanol–water partition coefficient (Wildman–Crippen LogP) is 4.19. The van der Waals surface area contributed by atoms with E-state index in [0.717, 1.165) is 0 Å². The van der Waals surface area contributed by atoms with Crippen LogP contribution in [0.4, 0.5) is 0 Å². The molecule has 2 aromatic heterocycles. The van der Waals surface area contributed by atoms with E-state index in [1.807, 2.05) is 0 Å². The number of hydrogen-bond acceptors (Lipinski definition) is 6. The first kappa shape index (κ1) is 16.6. The number of hydrogen-bond donors (Lipinski definition) is 0. The second-order valence-corrected chi connectivity index (χ2v) is 3.97. The molecule has 0 radical (unpaired) electrons. The quantitative estimate of drug-likeness (QED) is 0.750. The van der Waals surface area contributed by atoms with E-state index in [-0.39, 0.29) is 16.5 Å². The third-order valence-electron chi connectivity index (χ3n) is 2.54. The SMILES string of the molecule is C1=COC(c2ccco2)=CO1.C1=COC(c2ccco2)=CO1.[Ni]. The van der Waals surface area contributed by atoms with E-state index >= 15 is 0 Å². The minimum Gasteiger partial charge on any atom is -0.465 e. The standard InChI is InChI=1S/2C8H6O3.Ni/c2*1-2-7(10-3-1)8-6-9-4-5-11-8;/h2*1-6H;. The molecule has 122 valence electrons. The van der Waals surface area contributed by atoms with Crippen LogP contribution in [0.5, 0.6) is 0 Å². The summed E-state index contributed by atoms with van der Waals surface area (Å²) in [4.78, 5) is 0. The van der Waals surface area contributed by atoms with Crippen molar-refractivity contribution in [1.82, 2.24) is 0 Å². The first-order valence-corrected chi connectivity index (χ1v) is 6.36. The molecule has 0 saturated heterocycles. The second-order valence-electron chi connectivity index (χ2n) is 3.97. The van der Waals surface area contributed by atoms with E-state index in [1.165, 1.54) is 37.6 Å². The summed E-state index contributed by atoms with van der Waals surface area (Å²) in [6.07, 6.45) is 11.9. The zero-order valence-corrected chi connectivity index (χ0v) is 12.7. The van der Waals surface area contributed by atoms with Gasteiger partial charge in [0.15, 0.2) is 11.5 Å². The van der Waals surface area contributed by atoms with Crippen LogP contribution < -0.4 is 0 Å². The van der Waals surface area contributed by atoms with Crippen molar-refractivity contribution in [2.75, 3.05) is 0 Å². The molecule has 0 spiro atoms. The molecule has 0 saturated carbocycles. The summed E-state index contributed by atoms with van der Waals surface area (Å²) in [5, 5.41) is 0. The molecule has 0 atom stereocenters. The summed E-state index contributed by atoms with van der Waals surface area (Å²) in [5.74, 6) is 2.48. The van der Waals surface area contributed by atoms with Crippen LogP contribution in [0, 0.1) is 0 Å². The topological polar surface area (TPSA) is 63.2 Å². The maximum Gasteiger partial charge on any atom is 0.204 e. The predicted molar refractivity (Wildman–Crippen MR) is 76.0 cm³/mol. The van der Waals surface area contributed by atoms with Gasteiger partial charge in [-0.1, -0.05) is 0 Å². The van der Waals surface area contributed by atoms with Gasteiger partial charge in [-0.3, -0.25) is 0 Å². The summed E-state index contributed by atoms with van der Waals surface area (Å²) >= 11 is 0. The Morgan fingerprint density at radius 2 is 1.09 bits per heavy atom. The van der Waals surface area contributed by atoms with Gasteiger partial charge in [-0.15, -0.1) is 0 Å². The van der Waals surface area contributed by atoms with Crippen LogP contribution in [0.2, 0.25) is 0 Å². The van der Waals surface area contributed by atoms with Crippen LogP contribution in [0.3, 0.4) is 0 Å². The maximum absolute atomic E-state index is 5.08. The van der Waals surface area contributed by atoms with E-state index < -0.39 is 0 Å². The minimum absolute atomic E-state index is 0. The van der Waals surface area contributed by atoms with Crippen molar-refractivity contribution < 1.29 is 44.3 Å². The molecule has 0 N–H and O–H groups in total. The summed E-state index contributed by atoms with van der Waals surface area (Å²) in [5.41, 5.74) is 0. The largest absolute Gasteiger partial charge is 0.465 e. The fourth-order valence-corrected chi connectivity index (χ4v) is 1.59. The third kappa shape index (κ3) is 4.59. The Bertz CT molecular complexity index is 633. The van der Waals surface area contributed by atoms with E-state index in [1.54, 1.807) is 36.8 Å². The Labute approximate surface area is 142 Å². The second kappa shape index (κ2) is 8.61. The summed E-state index contributed by atoms with van der Waals surface area (Å²) < 4.78 is 30.1. The van der Waals surface area contributed by atoms with Crippen molar-refractivity contribution in [1.29, 1.82) is 0 Å². The average Bonchev–Trinajstić information content (AvgIpc) is 3.31. The van der Waals surface area contributed by atoms with Crippen LogP contribution in [0.1, 0.15) is 11.5 Å². The fraction of sp³-hybridized carbons (Fsp3) is 0. The fourth-order valence-electron chi connectivity index (χ4n) is 1.59. The van der Waals surface area contributed by atoms with E-state index in [0.29, 0.717) is 23.0 Å². The number of furan rings is 2. The van der Waals surface area contributed by atoms with Crippen molar-refractivity contribution in [2.24, 2.45) is 0 Å². The third-order valence-corrected chi connectivity index (χ3v) is 2.54. The van der Waals surface area contributed by atoms with Crippen LogP contribution in [0.25, 0.3) is 11.5 Å². The number of ether oxygens (including phenoxy) is 4. The molecule has 0 amide bonds. The Balaban J connectivity index is 0.000000160. The van der Waals surface area contributed by atoms with Gasteiger partial charge in [-0.2, -0.15) is 0 Å². The van der Waals surface area contributed by atoms with E-state index in [2.05, 4.69) is 0 Å². The van der Waals surface area contributed by atoms with Gasteiger partial charge in [0.2, 0.25) is 11.5 Å². The van der Waals surface area contributed by atoms with Gasteiger partial charge in [0.25, 0.3) is 0 Å². The first-order chi connectivity index (χ1) is 10.9. The first-order valence-electron chi connectivity index (χ1n) is 6.36. The zero-order valence-electron chi connectivity index (χ0n) is 11.7. The monoisotopic (exact) mass is 358 g/mol. The molecule has 0 unspecified atom stereocenters. The van der Waals surface area contributed by atoms with Gasteiger partial charge < -0.3 is 27.8 Å². The number of rotatable bonds is 2. The molecule has 4 rings (SSSR count). The van der Waals surface area contributed by atoms with Crippen molar-refractivity contribution in [2.45, 2.75) is 0 Å². The van der Waals surface area contributed by atoms with Crippen LogP contribution >= 0.6 is 0 Å². The molecular weight excluding hydrogens is 347 g/mol. The van der Waals surface area contributed by atoms with Crippen LogP contribution in [-0.2, 0) is 35.4 Å². The van der Waals surface area contributed by atoms with Gasteiger partial charge in [0, 0.05) is 16.5 Å². The van der Waals surface area contributed by atoms with Gasteiger partial charge >= 0.3 is 0 Å². The molecule has 2 aliphatic rings. The summed E-state index contributed by atoms with van der Waals surface area (Å²) in [7, 11) is 0. The molecule has 23 heavy (non-hydrogen) atoms. The van der Waals surface area contributed by atoms with Crippen molar-refractivity contribution >= 4 is 11.5 Å². The smallest absolute Gasteiger partial charge is 0.204 e. The molecule has 2 aliphatic heterocycles. The van der Waals surface area contributed by atoms with Crippen molar-refractivity contribution in [3.05, 3.63) is 85.9 Å². The summed E-state index contributed by atoms with van der Waals surface area (Å²) in [6.45, 7) is 0. The molecular formula is C16H12NiO6. The van der Waals surface area contributed by atoms with Crippen LogP contribution in [0.15, 0.2) is 83.2 Å². The Morgan fingerprint density at radius 1 is 0.609 bits per heavy atom. The Morgan fingerprint density at radius 3 is 1.39 bits per heavy atom. The molecule has 0 aliphatic carbocycles. The summed E-state index contributed by atoms with van der Waals surface area (Å²) in [6, 6.07) is 7.18. The van der Waals surface area contributed by atoms with Gasteiger partial charge in [0.1, 0.15) is 37.6 Å². The van der Waals surface area contributed by atoms with Gasteiger partial charge in [-0.25, -0.2) is 0 Å². The van der Waals surface area contributed by atoms with Crippen molar-refractivity contribution in [3.8, 4) is 0 Å². The van der Waals surface area contributed by atoms with Gasteiger partial charge in [0.05, 0.1) is 12.5 Å². The molecule has 0 fully saturated rings. The van der Waals surface area contributed by atoms with E-state index in [4.69, 9.17) is 27.8 Å². The average molecular weight is 359 g/mol. The maximum atomic E-state index is 5.08. The molecule has 0 bridgehead atoms. The van der Waals surface area contributed by atoms with E-state index in [9.17, 15) is 0 Å². The Hall–Kier alpha value is -2.79. The normalized spacial score (nSPS) is 14.4. The van der Waals surface area contributed by atoms with Crippen LogP contribution in [-0.4, -0.2) is 0 Å². The molecule has 0 aromatic carbocycles. The van der Waals surface area contributed by atoms with Crippen molar-refractivity contribution in [3.63, 3.8) is 0 Å². The van der Waals surface area contributed by atoms with Gasteiger partial charge in [-0.05, 0) is 24.3 Å². The molecule has 7 heteroatoms. The Kier molecular flexibility index (Phi) is 6.20. The molecule has 4 heterocycles. The molecule has 2 aromatic rings. The molecule has 6 nitrogen and oxygen atoms in total. The zero-order chi connectivity index (χ0) is 15.0. The minimum atomic E-state index is 0.